The van der Waals surface area contributed by atoms with E-state index in [0.717, 1.165) is 12.2 Å². The zero-order valence-electron chi connectivity index (χ0n) is 9.09. The minimum Gasteiger partial charge on any atom is -0.454 e. The van der Waals surface area contributed by atoms with Crippen molar-refractivity contribution >= 4 is 5.97 Å². The molecule has 0 saturated carbocycles. The number of aryl methyl sites for hydroxylation is 1. The topological polar surface area (TPSA) is 39.4 Å². The van der Waals surface area contributed by atoms with Crippen LogP contribution in [0.25, 0.3) is 0 Å². The van der Waals surface area contributed by atoms with Crippen molar-refractivity contribution in [2.75, 3.05) is 0 Å². The van der Waals surface area contributed by atoms with Gasteiger partial charge >= 0.3 is 5.97 Å². The SMILES string of the molecule is CCc1ccc(C(=O)OC(C)(C)C)o1. The Bertz CT molecular complexity index is 318. The van der Waals surface area contributed by atoms with Crippen molar-refractivity contribution in [1.29, 1.82) is 0 Å². The average Bonchev–Trinajstić information content (AvgIpc) is 2.48. The van der Waals surface area contributed by atoms with Gasteiger partial charge in [0, 0.05) is 6.42 Å². The van der Waals surface area contributed by atoms with E-state index in [1.165, 1.54) is 0 Å². The Morgan fingerprint density at radius 3 is 2.50 bits per heavy atom. The van der Waals surface area contributed by atoms with Crippen molar-refractivity contribution in [2.45, 2.75) is 39.7 Å². The Balaban J connectivity index is 2.70. The Morgan fingerprint density at radius 1 is 1.43 bits per heavy atom. The molecule has 3 heteroatoms. The molecule has 3 nitrogen and oxygen atoms in total. The number of hydrogen-bond donors (Lipinski definition) is 0. The highest BCUT2D eigenvalue weighted by molar-refractivity contribution is 5.86. The van der Waals surface area contributed by atoms with Gasteiger partial charge in [-0.05, 0) is 32.9 Å². The molecule has 14 heavy (non-hydrogen) atoms. The van der Waals surface area contributed by atoms with Gasteiger partial charge in [0.15, 0.2) is 0 Å². The number of rotatable bonds is 2. The zero-order chi connectivity index (χ0) is 10.8. The maximum atomic E-state index is 11.5. The number of carbonyl (C=O) groups is 1. The molecule has 78 valence electrons. The third kappa shape index (κ3) is 2.91. The number of hydrogen-bond acceptors (Lipinski definition) is 3. The predicted octanol–water partition coefficient (Wildman–Crippen LogP) is 2.80. The summed E-state index contributed by atoms with van der Waals surface area (Å²) in [6.45, 7) is 7.45. The van der Waals surface area contributed by atoms with E-state index in [2.05, 4.69) is 0 Å². The molecule has 0 bridgehead atoms. The molecule has 0 amide bonds. The molecule has 1 heterocycles. The number of esters is 1. The van der Waals surface area contributed by atoms with Crippen LogP contribution in [0.1, 0.15) is 44.0 Å². The smallest absolute Gasteiger partial charge is 0.374 e. The molecule has 0 atom stereocenters. The van der Waals surface area contributed by atoms with Crippen molar-refractivity contribution < 1.29 is 13.9 Å². The number of carbonyl (C=O) groups excluding carboxylic acids is 1. The van der Waals surface area contributed by atoms with Crippen LogP contribution in [0.2, 0.25) is 0 Å². The standard InChI is InChI=1S/C11H16O3/c1-5-8-6-7-9(13-8)10(12)14-11(2,3)4/h6-7H,5H2,1-4H3. The van der Waals surface area contributed by atoms with Crippen molar-refractivity contribution in [1.82, 2.24) is 0 Å². The van der Waals surface area contributed by atoms with Gasteiger partial charge in [-0.3, -0.25) is 0 Å². The summed E-state index contributed by atoms with van der Waals surface area (Å²) in [6, 6.07) is 3.44. The van der Waals surface area contributed by atoms with Gasteiger partial charge < -0.3 is 9.15 Å². The van der Waals surface area contributed by atoms with Gasteiger partial charge in [0.2, 0.25) is 5.76 Å². The van der Waals surface area contributed by atoms with Crippen molar-refractivity contribution in [3.05, 3.63) is 23.7 Å². The number of ether oxygens (including phenoxy) is 1. The molecule has 1 aromatic rings. The third-order valence-corrected chi connectivity index (χ3v) is 1.61. The predicted molar refractivity (Wildman–Crippen MR) is 53.3 cm³/mol. The van der Waals surface area contributed by atoms with Crippen LogP contribution in [0, 0.1) is 0 Å². The van der Waals surface area contributed by atoms with Crippen molar-refractivity contribution in [2.24, 2.45) is 0 Å². The van der Waals surface area contributed by atoms with Gasteiger partial charge in [-0.2, -0.15) is 0 Å². The summed E-state index contributed by atoms with van der Waals surface area (Å²) in [5.74, 6) is 0.667. The lowest BCUT2D eigenvalue weighted by molar-refractivity contribution is 0.00345. The van der Waals surface area contributed by atoms with E-state index in [-0.39, 0.29) is 5.76 Å². The van der Waals surface area contributed by atoms with Crippen LogP contribution in [0.5, 0.6) is 0 Å². The first-order valence-electron chi connectivity index (χ1n) is 4.74. The van der Waals surface area contributed by atoms with E-state index in [0.29, 0.717) is 0 Å². The molecule has 0 spiro atoms. The Labute approximate surface area is 84.1 Å². The lowest BCUT2D eigenvalue weighted by atomic mass is 10.2. The summed E-state index contributed by atoms with van der Waals surface area (Å²) in [5.41, 5.74) is -0.476. The largest absolute Gasteiger partial charge is 0.454 e. The van der Waals surface area contributed by atoms with Gasteiger partial charge in [0.05, 0.1) is 0 Å². The molecule has 0 radical (unpaired) electrons. The van der Waals surface area contributed by atoms with Gasteiger partial charge in [0.1, 0.15) is 11.4 Å². The van der Waals surface area contributed by atoms with Crippen LogP contribution < -0.4 is 0 Å². The molecule has 1 aromatic heterocycles. The Morgan fingerprint density at radius 2 is 2.07 bits per heavy atom. The molecular weight excluding hydrogens is 180 g/mol. The highest BCUT2D eigenvalue weighted by Gasteiger charge is 2.20. The summed E-state index contributed by atoms with van der Waals surface area (Å²) in [4.78, 5) is 11.5. The van der Waals surface area contributed by atoms with Crippen molar-refractivity contribution in [3.8, 4) is 0 Å². The fourth-order valence-electron chi connectivity index (χ4n) is 1.01. The fraction of sp³-hybridized carbons (Fsp3) is 0.545. The van der Waals surface area contributed by atoms with Crippen LogP contribution >= 0.6 is 0 Å². The first-order valence-corrected chi connectivity index (χ1v) is 4.74. The van der Waals surface area contributed by atoms with E-state index in [1.807, 2.05) is 27.7 Å². The van der Waals surface area contributed by atoms with Crippen LogP contribution in [-0.4, -0.2) is 11.6 Å². The molecule has 0 aliphatic rings. The van der Waals surface area contributed by atoms with E-state index >= 15 is 0 Å². The molecule has 0 fully saturated rings. The highest BCUT2D eigenvalue weighted by atomic mass is 16.6. The lowest BCUT2D eigenvalue weighted by Crippen LogP contribution is -2.23. The van der Waals surface area contributed by atoms with Crippen LogP contribution in [0.3, 0.4) is 0 Å². The highest BCUT2D eigenvalue weighted by Crippen LogP contribution is 2.14. The van der Waals surface area contributed by atoms with Crippen LogP contribution in [0.15, 0.2) is 16.5 Å². The summed E-state index contributed by atoms with van der Waals surface area (Å²) in [5, 5.41) is 0. The van der Waals surface area contributed by atoms with Crippen LogP contribution in [0.4, 0.5) is 0 Å². The molecule has 0 aliphatic carbocycles. The fourth-order valence-corrected chi connectivity index (χ4v) is 1.01. The molecule has 0 N–H and O–H groups in total. The summed E-state index contributed by atoms with van der Waals surface area (Å²) < 4.78 is 10.4. The van der Waals surface area contributed by atoms with Gasteiger partial charge in [-0.1, -0.05) is 6.92 Å². The zero-order valence-corrected chi connectivity index (χ0v) is 9.09. The monoisotopic (exact) mass is 196 g/mol. The number of furan rings is 1. The molecule has 0 saturated heterocycles. The van der Waals surface area contributed by atoms with E-state index in [9.17, 15) is 4.79 Å². The van der Waals surface area contributed by atoms with Crippen LogP contribution in [-0.2, 0) is 11.2 Å². The van der Waals surface area contributed by atoms with Gasteiger partial charge in [0.25, 0.3) is 0 Å². The lowest BCUT2D eigenvalue weighted by Gasteiger charge is -2.18. The van der Waals surface area contributed by atoms with E-state index < -0.39 is 11.6 Å². The first-order chi connectivity index (χ1) is 6.42. The average molecular weight is 196 g/mol. The third-order valence-electron chi connectivity index (χ3n) is 1.61. The molecule has 0 unspecified atom stereocenters. The van der Waals surface area contributed by atoms with E-state index in [1.54, 1.807) is 12.1 Å². The second-order valence-corrected chi connectivity index (χ2v) is 4.12. The molecular formula is C11H16O3. The normalized spacial score (nSPS) is 11.4. The summed E-state index contributed by atoms with van der Waals surface area (Å²) in [7, 11) is 0. The molecule has 1 rings (SSSR count). The Hall–Kier alpha value is -1.25. The van der Waals surface area contributed by atoms with Crippen molar-refractivity contribution in [3.63, 3.8) is 0 Å². The minimum absolute atomic E-state index is 0.275. The second kappa shape index (κ2) is 3.86. The first kappa shape index (κ1) is 10.8. The van der Waals surface area contributed by atoms with Gasteiger partial charge in [-0.25, -0.2) is 4.79 Å². The molecule has 0 aromatic carbocycles. The quantitative estimate of drug-likeness (QED) is 0.683. The summed E-state index contributed by atoms with van der Waals surface area (Å²) >= 11 is 0. The minimum atomic E-state index is -0.476. The summed E-state index contributed by atoms with van der Waals surface area (Å²) in [6.07, 6.45) is 0.781. The van der Waals surface area contributed by atoms with Gasteiger partial charge in [-0.15, -0.1) is 0 Å². The van der Waals surface area contributed by atoms with E-state index in [4.69, 9.17) is 9.15 Å². The maximum Gasteiger partial charge on any atom is 0.374 e. The molecule has 0 aliphatic heterocycles. The maximum absolute atomic E-state index is 11.5. The Kier molecular flexibility index (Phi) is 2.99. The second-order valence-electron chi connectivity index (χ2n) is 4.12.